The van der Waals surface area contributed by atoms with Gasteiger partial charge >= 0.3 is 0 Å². The van der Waals surface area contributed by atoms with E-state index in [0.29, 0.717) is 5.92 Å². The van der Waals surface area contributed by atoms with Crippen molar-refractivity contribution in [2.75, 3.05) is 24.5 Å². The number of benzene rings is 2. The second-order valence-electron chi connectivity index (χ2n) is 9.10. The third-order valence-corrected chi connectivity index (χ3v) is 7.04. The van der Waals surface area contributed by atoms with Gasteiger partial charge in [0.1, 0.15) is 5.82 Å². The number of aromatic nitrogens is 2. The van der Waals surface area contributed by atoms with Crippen LogP contribution >= 0.6 is 0 Å². The quantitative estimate of drug-likeness (QED) is 0.362. The summed E-state index contributed by atoms with van der Waals surface area (Å²) >= 11 is 0. The maximum absolute atomic E-state index is 13.8. The summed E-state index contributed by atoms with van der Waals surface area (Å²) < 4.78 is 13.8. The van der Waals surface area contributed by atoms with E-state index >= 15 is 0 Å². The molecule has 0 spiro atoms. The van der Waals surface area contributed by atoms with E-state index < -0.39 is 0 Å². The van der Waals surface area contributed by atoms with E-state index in [2.05, 4.69) is 40.1 Å². The van der Waals surface area contributed by atoms with Gasteiger partial charge in [-0.05, 0) is 104 Å². The number of nitrogens with zero attached hydrogens (tertiary/aromatic N) is 3. The summed E-state index contributed by atoms with van der Waals surface area (Å²) in [5.74, 6) is 0.276. The Kier molecular flexibility index (Phi) is 6.41. The molecule has 0 aliphatic carbocycles. The predicted octanol–water partition coefficient (Wildman–Crippen LogP) is 5.73. The normalized spacial score (nSPS) is 15.0. The Bertz CT molecular complexity index is 1280. The third kappa shape index (κ3) is 4.59. The molecule has 5 rings (SSSR count). The number of aryl methyl sites for hydroxylation is 1. The van der Waals surface area contributed by atoms with Gasteiger partial charge in [0.2, 0.25) is 6.41 Å². The summed E-state index contributed by atoms with van der Waals surface area (Å²) in [4.78, 5) is 23.4. The van der Waals surface area contributed by atoms with Gasteiger partial charge in [-0.3, -0.25) is 14.7 Å². The van der Waals surface area contributed by atoms with Gasteiger partial charge < -0.3 is 9.88 Å². The van der Waals surface area contributed by atoms with E-state index in [1.807, 2.05) is 24.3 Å². The molecule has 5 nitrogen and oxygen atoms in total. The van der Waals surface area contributed by atoms with Crippen molar-refractivity contribution in [3.8, 4) is 0 Å². The van der Waals surface area contributed by atoms with Gasteiger partial charge in [0.05, 0.1) is 11.9 Å². The lowest BCUT2D eigenvalue weighted by atomic mass is 9.89. The number of H-pyrrole nitrogens is 1. The molecule has 1 fully saturated rings. The number of amides is 1. The number of rotatable bonds is 7. The highest BCUT2D eigenvalue weighted by Crippen LogP contribution is 2.33. The Morgan fingerprint density at radius 2 is 2.00 bits per heavy atom. The largest absolute Gasteiger partial charge is 0.361 e. The Morgan fingerprint density at radius 3 is 2.76 bits per heavy atom. The number of piperidine rings is 1. The molecule has 1 saturated heterocycles. The number of aromatic amines is 1. The van der Waals surface area contributed by atoms with Gasteiger partial charge in [-0.15, -0.1) is 0 Å². The summed E-state index contributed by atoms with van der Waals surface area (Å²) in [5, 5.41) is 1.01. The lowest BCUT2D eigenvalue weighted by Crippen LogP contribution is -2.34. The predicted molar refractivity (Wildman–Crippen MR) is 134 cm³/mol. The van der Waals surface area contributed by atoms with Crippen molar-refractivity contribution in [1.82, 2.24) is 14.9 Å². The molecule has 0 bridgehead atoms. The molecule has 4 aromatic rings. The van der Waals surface area contributed by atoms with Crippen LogP contribution in [-0.4, -0.2) is 40.9 Å². The van der Waals surface area contributed by atoms with Crippen LogP contribution in [0.15, 0.2) is 67.1 Å². The first kappa shape index (κ1) is 22.3. The number of pyridine rings is 1. The van der Waals surface area contributed by atoms with Crippen molar-refractivity contribution in [3.05, 3.63) is 89.6 Å². The number of hydrogen-bond acceptors (Lipinski definition) is 3. The fourth-order valence-corrected chi connectivity index (χ4v) is 5.04. The molecule has 0 radical (unpaired) electrons. The molecule has 6 heteroatoms. The highest BCUT2D eigenvalue weighted by molar-refractivity contribution is 5.86. The van der Waals surface area contributed by atoms with Gasteiger partial charge in [-0.1, -0.05) is 6.07 Å². The maximum atomic E-state index is 13.8. The lowest BCUT2D eigenvalue weighted by molar-refractivity contribution is -0.106. The minimum Gasteiger partial charge on any atom is -0.361 e. The second-order valence-corrected chi connectivity index (χ2v) is 9.10. The van der Waals surface area contributed by atoms with E-state index in [1.54, 1.807) is 23.4 Å². The third-order valence-electron chi connectivity index (χ3n) is 7.04. The zero-order valence-corrected chi connectivity index (χ0v) is 19.4. The van der Waals surface area contributed by atoms with Crippen LogP contribution in [0.2, 0.25) is 0 Å². The number of hydrogen-bond donors (Lipinski definition) is 1. The van der Waals surface area contributed by atoms with E-state index in [4.69, 9.17) is 0 Å². The molecule has 2 aromatic heterocycles. The molecule has 2 aromatic carbocycles. The lowest BCUT2D eigenvalue weighted by Gasteiger charge is -2.32. The van der Waals surface area contributed by atoms with Crippen molar-refractivity contribution in [2.24, 2.45) is 0 Å². The molecular formula is C28H29FN4O. The van der Waals surface area contributed by atoms with Crippen LogP contribution in [0.25, 0.3) is 10.9 Å². The number of anilines is 2. The van der Waals surface area contributed by atoms with E-state index in [0.717, 1.165) is 67.6 Å². The van der Waals surface area contributed by atoms with Crippen molar-refractivity contribution in [3.63, 3.8) is 0 Å². The molecule has 1 amide bonds. The fourth-order valence-electron chi connectivity index (χ4n) is 5.04. The van der Waals surface area contributed by atoms with Crippen molar-refractivity contribution >= 4 is 28.7 Å². The number of halogens is 1. The van der Waals surface area contributed by atoms with Crippen molar-refractivity contribution < 1.29 is 9.18 Å². The molecule has 174 valence electrons. The maximum Gasteiger partial charge on any atom is 0.218 e. The SMILES string of the molecule is Cc1ccc(N(C=O)c2cccnc2)cc1CCN1CCC(c2c[nH]c3ccc(F)cc23)CC1. The Labute approximate surface area is 199 Å². The Hall–Kier alpha value is -3.51. The summed E-state index contributed by atoms with van der Waals surface area (Å²) in [6.07, 6.45) is 9.37. The number of carbonyl (C=O) groups excluding carboxylic acids is 1. The first-order valence-corrected chi connectivity index (χ1v) is 11.9. The monoisotopic (exact) mass is 456 g/mol. The average molecular weight is 457 g/mol. The van der Waals surface area contributed by atoms with Gasteiger partial charge in [0.25, 0.3) is 0 Å². The van der Waals surface area contributed by atoms with E-state index in [1.165, 1.54) is 22.8 Å². The zero-order chi connectivity index (χ0) is 23.5. The number of nitrogens with one attached hydrogen (secondary N) is 1. The second kappa shape index (κ2) is 9.77. The van der Waals surface area contributed by atoms with Crippen LogP contribution in [0.4, 0.5) is 15.8 Å². The minimum absolute atomic E-state index is 0.181. The molecule has 1 aliphatic rings. The molecule has 0 atom stereocenters. The van der Waals surface area contributed by atoms with E-state index in [-0.39, 0.29) is 5.82 Å². The highest BCUT2D eigenvalue weighted by Gasteiger charge is 2.23. The van der Waals surface area contributed by atoms with Crippen LogP contribution in [0.1, 0.15) is 35.4 Å². The molecule has 3 heterocycles. The Morgan fingerprint density at radius 1 is 1.15 bits per heavy atom. The van der Waals surface area contributed by atoms with Gasteiger partial charge in [-0.25, -0.2) is 4.39 Å². The first-order valence-electron chi connectivity index (χ1n) is 11.9. The van der Waals surface area contributed by atoms with Gasteiger partial charge in [0, 0.05) is 35.5 Å². The number of carbonyl (C=O) groups is 1. The van der Waals surface area contributed by atoms with Gasteiger partial charge in [0.15, 0.2) is 0 Å². The summed E-state index contributed by atoms with van der Waals surface area (Å²) in [5.41, 5.74) is 6.34. The van der Waals surface area contributed by atoms with Crippen LogP contribution in [0.5, 0.6) is 0 Å². The Balaban J connectivity index is 1.22. The van der Waals surface area contributed by atoms with E-state index in [9.17, 15) is 9.18 Å². The topological polar surface area (TPSA) is 52.2 Å². The van der Waals surface area contributed by atoms with Gasteiger partial charge in [-0.2, -0.15) is 0 Å². The van der Waals surface area contributed by atoms with Crippen LogP contribution in [0.3, 0.4) is 0 Å². The summed E-state index contributed by atoms with van der Waals surface area (Å²) in [6.45, 7) is 5.16. The standard InChI is InChI=1S/C28H29FN4O/c1-20-4-6-24(33(19-34)25-3-2-11-30-17-25)15-22(20)10-14-32-12-8-21(9-13-32)27-18-31-28-7-5-23(29)16-26(27)28/h2-7,11,15-19,21,31H,8-10,12-14H2,1H3. The van der Waals surface area contributed by atoms with Crippen molar-refractivity contribution in [2.45, 2.75) is 32.1 Å². The van der Waals surface area contributed by atoms with Crippen LogP contribution in [-0.2, 0) is 11.2 Å². The number of likely N-dealkylation sites (tertiary alicyclic amines) is 1. The molecule has 1 aliphatic heterocycles. The smallest absolute Gasteiger partial charge is 0.218 e. The highest BCUT2D eigenvalue weighted by atomic mass is 19.1. The first-order chi connectivity index (χ1) is 16.6. The van der Waals surface area contributed by atoms with Crippen LogP contribution < -0.4 is 4.90 Å². The molecule has 0 saturated carbocycles. The molecule has 0 unspecified atom stereocenters. The molecule has 1 N–H and O–H groups in total. The number of fused-ring (bicyclic) bond motifs is 1. The fraction of sp³-hybridized carbons (Fsp3) is 0.286. The molecule has 34 heavy (non-hydrogen) atoms. The van der Waals surface area contributed by atoms with Crippen LogP contribution in [0, 0.1) is 12.7 Å². The minimum atomic E-state index is -0.181. The average Bonchev–Trinajstić information content (AvgIpc) is 3.28. The summed E-state index contributed by atoms with van der Waals surface area (Å²) in [7, 11) is 0. The molecular weight excluding hydrogens is 427 g/mol. The zero-order valence-electron chi connectivity index (χ0n) is 19.4. The van der Waals surface area contributed by atoms with Crippen molar-refractivity contribution in [1.29, 1.82) is 0 Å². The summed E-state index contributed by atoms with van der Waals surface area (Å²) in [6, 6.07) is 14.9.